The first kappa shape index (κ1) is 21.5. The largest absolute Gasteiger partial charge is 0.438 e. The number of nitrogens with one attached hydrogen (secondary N) is 1. The second-order valence-corrected chi connectivity index (χ2v) is 7.17. The number of anilines is 2. The van der Waals surface area contributed by atoms with Gasteiger partial charge in [-0.05, 0) is 23.8 Å². The fraction of sp³-hybridized carbons (Fsp3) is 0.125. The van der Waals surface area contributed by atoms with Gasteiger partial charge in [0.05, 0.1) is 29.9 Å². The molecule has 3 N–H and O–H groups in total. The van der Waals surface area contributed by atoms with Gasteiger partial charge in [-0.25, -0.2) is 9.97 Å². The zero-order valence-corrected chi connectivity index (χ0v) is 17.9. The maximum atomic E-state index is 11.7. The Labute approximate surface area is 190 Å². The van der Waals surface area contributed by atoms with Gasteiger partial charge < -0.3 is 15.8 Å². The Kier molecular flexibility index (Phi) is 6.27. The lowest BCUT2D eigenvalue weighted by Gasteiger charge is -2.11. The summed E-state index contributed by atoms with van der Waals surface area (Å²) in [5, 5.41) is 16.5. The molecule has 0 fully saturated rings. The summed E-state index contributed by atoms with van der Waals surface area (Å²) in [5.41, 5.74) is 9.40. The third-order valence-corrected chi connectivity index (χ3v) is 4.89. The Morgan fingerprint density at radius 1 is 1.21 bits per heavy atom. The summed E-state index contributed by atoms with van der Waals surface area (Å²) in [5.74, 6) is 0.897. The number of nitrogens with two attached hydrogens (primary N) is 1. The summed E-state index contributed by atoms with van der Waals surface area (Å²) in [6.45, 7) is 2.21. The van der Waals surface area contributed by atoms with Crippen molar-refractivity contribution in [1.29, 1.82) is 5.26 Å². The number of nitriles is 1. The van der Waals surface area contributed by atoms with Gasteiger partial charge in [-0.3, -0.25) is 9.48 Å². The molecule has 0 aliphatic heterocycles. The monoisotopic (exact) mass is 439 g/mol. The number of aromatic nitrogens is 4. The lowest BCUT2D eigenvalue weighted by atomic mass is 10.1. The minimum absolute atomic E-state index is 0.0931. The Morgan fingerprint density at radius 3 is 2.88 bits per heavy atom. The molecule has 33 heavy (non-hydrogen) atoms. The summed E-state index contributed by atoms with van der Waals surface area (Å²) in [4.78, 5) is 20.0. The molecular weight excluding hydrogens is 418 g/mol. The highest BCUT2D eigenvalue weighted by molar-refractivity contribution is 5.90. The molecule has 1 amide bonds. The first-order valence-corrected chi connectivity index (χ1v) is 10.3. The molecule has 2 aromatic carbocycles. The van der Waals surface area contributed by atoms with Gasteiger partial charge in [-0.2, -0.15) is 10.4 Å². The zero-order valence-electron chi connectivity index (χ0n) is 17.9. The topological polar surface area (TPSA) is 132 Å². The van der Waals surface area contributed by atoms with E-state index >= 15 is 0 Å². The number of carbonyl (C=O) groups excluding carboxylic acids is 1. The Bertz CT molecular complexity index is 1340. The standard InChI is InChI=1S/C24H21N7O2/c1-2-21(32)30-19-8-5-9-20(10-19)33-24-22(23(26)27-15-28-24)18-12-29-31(14-18)13-17-7-4-3-6-16(17)11-25/h3-10,12,14-15H,2,13H2,1H3,(H,30,32)(H2,26,27,28). The summed E-state index contributed by atoms with van der Waals surface area (Å²) >= 11 is 0. The number of benzene rings is 2. The van der Waals surface area contributed by atoms with Crippen molar-refractivity contribution in [3.05, 3.63) is 78.4 Å². The maximum Gasteiger partial charge on any atom is 0.232 e. The van der Waals surface area contributed by atoms with Crippen LogP contribution in [0.1, 0.15) is 24.5 Å². The minimum atomic E-state index is -0.0931. The van der Waals surface area contributed by atoms with Crippen LogP contribution < -0.4 is 15.8 Å². The zero-order chi connectivity index (χ0) is 23.2. The normalized spacial score (nSPS) is 10.4. The van der Waals surface area contributed by atoms with Crippen LogP contribution in [0.15, 0.2) is 67.3 Å². The van der Waals surface area contributed by atoms with Crippen LogP contribution in [-0.2, 0) is 11.3 Å². The second kappa shape index (κ2) is 9.62. The van der Waals surface area contributed by atoms with E-state index in [1.165, 1.54) is 6.33 Å². The van der Waals surface area contributed by atoms with Crippen molar-refractivity contribution < 1.29 is 9.53 Å². The molecule has 0 unspecified atom stereocenters. The van der Waals surface area contributed by atoms with E-state index in [9.17, 15) is 10.1 Å². The molecule has 9 nitrogen and oxygen atoms in total. The predicted octanol–water partition coefficient (Wildman–Crippen LogP) is 3.98. The average Bonchev–Trinajstić information content (AvgIpc) is 3.27. The maximum absolute atomic E-state index is 11.7. The van der Waals surface area contributed by atoms with Gasteiger partial charge in [0.15, 0.2) is 0 Å². The van der Waals surface area contributed by atoms with E-state index in [0.29, 0.717) is 41.1 Å². The molecule has 0 aliphatic rings. The number of hydrogen-bond acceptors (Lipinski definition) is 7. The number of nitrogens with zero attached hydrogens (tertiary/aromatic N) is 5. The number of carbonyl (C=O) groups is 1. The number of hydrogen-bond donors (Lipinski definition) is 2. The fourth-order valence-corrected chi connectivity index (χ4v) is 3.25. The molecule has 0 spiro atoms. The van der Waals surface area contributed by atoms with Gasteiger partial charge in [0.1, 0.15) is 17.9 Å². The minimum Gasteiger partial charge on any atom is -0.438 e. The van der Waals surface area contributed by atoms with Gasteiger partial charge in [0.25, 0.3) is 0 Å². The molecule has 2 aromatic heterocycles. The average molecular weight is 439 g/mol. The van der Waals surface area contributed by atoms with E-state index < -0.39 is 0 Å². The smallest absolute Gasteiger partial charge is 0.232 e. The van der Waals surface area contributed by atoms with Crippen LogP contribution in [-0.4, -0.2) is 25.7 Å². The Hall–Kier alpha value is -4.71. The molecule has 0 saturated heterocycles. The SMILES string of the molecule is CCC(=O)Nc1cccc(Oc2ncnc(N)c2-c2cnn(Cc3ccccc3C#N)c2)c1. The molecule has 0 radical (unpaired) electrons. The number of rotatable bonds is 7. The summed E-state index contributed by atoms with van der Waals surface area (Å²) < 4.78 is 7.71. The molecule has 0 bridgehead atoms. The van der Waals surface area contributed by atoms with Gasteiger partial charge in [0, 0.05) is 29.9 Å². The van der Waals surface area contributed by atoms with Crippen molar-refractivity contribution in [3.8, 4) is 28.8 Å². The molecule has 0 saturated carbocycles. The summed E-state index contributed by atoms with van der Waals surface area (Å²) in [7, 11) is 0. The van der Waals surface area contributed by atoms with Crippen molar-refractivity contribution in [2.24, 2.45) is 0 Å². The molecule has 4 aromatic rings. The van der Waals surface area contributed by atoms with Crippen LogP contribution in [0.2, 0.25) is 0 Å². The van der Waals surface area contributed by atoms with Crippen LogP contribution in [0, 0.1) is 11.3 Å². The lowest BCUT2D eigenvalue weighted by Crippen LogP contribution is -2.09. The first-order valence-electron chi connectivity index (χ1n) is 10.3. The van der Waals surface area contributed by atoms with Crippen molar-refractivity contribution in [2.45, 2.75) is 19.9 Å². The quantitative estimate of drug-likeness (QED) is 0.445. The van der Waals surface area contributed by atoms with Crippen LogP contribution in [0.5, 0.6) is 11.6 Å². The number of nitrogen functional groups attached to an aromatic ring is 1. The van der Waals surface area contributed by atoms with E-state index in [-0.39, 0.29) is 17.6 Å². The fourth-order valence-electron chi connectivity index (χ4n) is 3.25. The van der Waals surface area contributed by atoms with Crippen LogP contribution >= 0.6 is 0 Å². The number of ether oxygens (including phenoxy) is 1. The molecule has 9 heteroatoms. The highest BCUT2D eigenvalue weighted by Crippen LogP contribution is 2.35. The first-order chi connectivity index (χ1) is 16.1. The van der Waals surface area contributed by atoms with E-state index in [1.54, 1.807) is 54.3 Å². The van der Waals surface area contributed by atoms with Crippen molar-refractivity contribution in [1.82, 2.24) is 19.7 Å². The molecule has 0 atom stereocenters. The number of amides is 1. The molecular formula is C24H21N7O2. The molecule has 4 rings (SSSR count). The summed E-state index contributed by atoms with van der Waals surface area (Å²) in [6, 6.07) is 16.6. The summed E-state index contributed by atoms with van der Waals surface area (Å²) in [6.07, 6.45) is 5.15. The lowest BCUT2D eigenvalue weighted by molar-refractivity contribution is -0.115. The van der Waals surface area contributed by atoms with Crippen molar-refractivity contribution in [2.75, 3.05) is 11.1 Å². The Morgan fingerprint density at radius 2 is 2.06 bits per heavy atom. The van der Waals surface area contributed by atoms with Crippen LogP contribution in [0.3, 0.4) is 0 Å². The molecule has 164 valence electrons. The third kappa shape index (κ3) is 4.97. The van der Waals surface area contributed by atoms with E-state index in [1.807, 2.05) is 18.2 Å². The van der Waals surface area contributed by atoms with E-state index in [0.717, 1.165) is 5.56 Å². The van der Waals surface area contributed by atoms with Crippen LogP contribution in [0.25, 0.3) is 11.1 Å². The Balaban J connectivity index is 1.61. The van der Waals surface area contributed by atoms with Crippen molar-refractivity contribution >= 4 is 17.4 Å². The molecule has 0 aliphatic carbocycles. The highest BCUT2D eigenvalue weighted by atomic mass is 16.5. The second-order valence-electron chi connectivity index (χ2n) is 7.17. The third-order valence-electron chi connectivity index (χ3n) is 4.89. The predicted molar refractivity (Wildman–Crippen MR) is 123 cm³/mol. The van der Waals surface area contributed by atoms with Crippen LogP contribution in [0.4, 0.5) is 11.5 Å². The van der Waals surface area contributed by atoms with E-state index in [4.69, 9.17) is 10.5 Å². The van der Waals surface area contributed by atoms with Crippen molar-refractivity contribution in [3.63, 3.8) is 0 Å². The van der Waals surface area contributed by atoms with Gasteiger partial charge in [0.2, 0.25) is 11.8 Å². The van der Waals surface area contributed by atoms with Gasteiger partial charge in [-0.1, -0.05) is 31.2 Å². The van der Waals surface area contributed by atoms with E-state index in [2.05, 4.69) is 26.5 Å². The van der Waals surface area contributed by atoms with Gasteiger partial charge in [-0.15, -0.1) is 0 Å². The van der Waals surface area contributed by atoms with Gasteiger partial charge >= 0.3 is 0 Å². The highest BCUT2D eigenvalue weighted by Gasteiger charge is 2.17. The molecule has 2 heterocycles.